The highest BCUT2D eigenvalue weighted by Gasteiger charge is 2.19. The van der Waals surface area contributed by atoms with Crippen molar-refractivity contribution in [1.29, 1.82) is 0 Å². The smallest absolute Gasteiger partial charge is 0.237 e. The summed E-state index contributed by atoms with van der Waals surface area (Å²) in [5, 5.41) is 14.2. The molecule has 1 heterocycles. The molecule has 1 atom stereocenters. The van der Waals surface area contributed by atoms with Crippen molar-refractivity contribution in [1.82, 2.24) is 10.6 Å². The second-order valence-corrected chi connectivity index (χ2v) is 2.31. The number of carbonyl (C=O) groups excluding carboxylic acids is 1. The minimum Gasteiger partial charge on any atom is -0.396 e. The molecule has 4 nitrogen and oxygen atoms in total. The third-order valence-electron chi connectivity index (χ3n) is 1.55. The van der Waals surface area contributed by atoms with Crippen molar-refractivity contribution in [2.24, 2.45) is 0 Å². The number of rotatable bonds is 2. The predicted octanol–water partition coefficient (Wildman–Crippen LogP) is -1.54. The maximum Gasteiger partial charge on any atom is 0.237 e. The van der Waals surface area contributed by atoms with E-state index in [1.165, 1.54) is 0 Å². The highest BCUT2D eigenvalue weighted by atomic mass is 16.3. The molecule has 10 heavy (non-hydrogen) atoms. The summed E-state index contributed by atoms with van der Waals surface area (Å²) in [5.41, 5.74) is 0. The van der Waals surface area contributed by atoms with Gasteiger partial charge in [-0.05, 0) is 6.42 Å². The Hall–Kier alpha value is -0.610. The summed E-state index contributed by atoms with van der Waals surface area (Å²) >= 11 is 0. The Kier molecular flexibility index (Phi) is 2.65. The summed E-state index contributed by atoms with van der Waals surface area (Å²) in [6.45, 7) is 1.56. The number of aliphatic hydroxyl groups is 1. The molecule has 1 aliphatic rings. The zero-order valence-electron chi connectivity index (χ0n) is 5.76. The highest BCUT2D eigenvalue weighted by molar-refractivity contribution is 5.82. The van der Waals surface area contributed by atoms with Crippen LogP contribution in [0.3, 0.4) is 0 Å². The van der Waals surface area contributed by atoms with Gasteiger partial charge < -0.3 is 15.7 Å². The summed E-state index contributed by atoms with van der Waals surface area (Å²) in [6.07, 6.45) is 0.506. The minimum atomic E-state index is -0.182. The van der Waals surface area contributed by atoms with Crippen LogP contribution in [0.1, 0.15) is 6.42 Å². The Morgan fingerprint density at radius 3 is 3.00 bits per heavy atom. The molecule has 1 fully saturated rings. The number of carbonyl (C=O) groups is 1. The number of nitrogens with one attached hydrogen (secondary N) is 2. The molecular weight excluding hydrogens is 132 g/mol. The molecule has 0 unspecified atom stereocenters. The van der Waals surface area contributed by atoms with Crippen LogP contribution in [-0.2, 0) is 4.79 Å². The Balaban J connectivity index is 2.32. The topological polar surface area (TPSA) is 61.4 Å². The molecule has 0 aliphatic carbocycles. The zero-order valence-corrected chi connectivity index (χ0v) is 5.76. The van der Waals surface area contributed by atoms with E-state index in [2.05, 4.69) is 10.6 Å². The lowest BCUT2D eigenvalue weighted by molar-refractivity contribution is -0.124. The molecule has 4 heteroatoms. The fraction of sp³-hybridized carbons (Fsp3) is 0.833. The lowest BCUT2D eigenvalue weighted by atomic mass is 10.1. The van der Waals surface area contributed by atoms with Gasteiger partial charge in [-0.3, -0.25) is 4.79 Å². The van der Waals surface area contributed by atoms with E-state index in [0.29, 0.717) is 13.0 Å². The average Bonchev–Trinajstić information content (AvgIpc) is 1.94. The summed E-state index contributed by atoms with van der Waals surface area (Å²) in [7, 11) is 0. The van der Waals surface area contributed by atoms with Crippen LogP contribution < -0.4 is 10.6 Å². The second-order valence-electron chi connectivity index (χ2n) is 2.31. The van der Waals surface area contributed by atoms with Crippen LogP contribution >= 0.6 is 0 Å². The van der Waals surface area contributed by atoms with Crippen molar-refractivity contribution in [3.63, 3.8) is 0 Å². The van der Waals surface area contributed by atoms with E-state index in [9.17, 15) is 4.79 Å². The third-order valence-corrected chi connectivity index (χ3v) is 1.55. The van der Waals surface area contributed by atoms with Gasteiger partial charge in [-0.1, -0.05) is 0 Å². The molecule has 0 aromatic rings. The second kappa shape index (κ2) is 3.53. The summed E-state index contributed by atoms with van der Waals surface area (Å²) < 4.78 is 0. The van der Waals surface area contributed by atoms with Crippen LogP contribution in [0.5, 0.6) is 0 Å². The molecule has 0 spiro atoms. The number of amides is 1. The first kappa shape index (κ1) is 7.50. The Morgan fingerprint density at radius 2 is 2.40 bits per heavy atom. The molecule has 1 amide bonds. The molecular formula is C6H12N2O2. The summed E-state index contributed by atoms with van der Waals surface area (Å²) in [4.78, 5) is 10.9. The van der Waals surface area contributed by atoms with Gasteiger partial charge >= 0.3 is 0 Å². The van der Waals surface area contributed by atoms with Crippen LogP contribution in [0.4, 0.5) is 0 Å². The van der Waals surface area contributed by atoms with E-state index < -0.39 is 0 Å². The number of aliphatic hydroxyl groups excluding tert-OH is 1. The van der Waals surface area contributed by atoms with E-state index in [0.717, 1.165) is 6.54 Å². The van der Waals surface area contributed by atoms with Crippen molar-refractivity contribution in [2.45, 2.75) is 12.5 Å². The molecule has 0 radical (unpaired) electrons. The molecule has 0 aromatic heterocycles. The van der Waals surface area contributed by atoms with Crippen LogP contribution in [-0.4, -0.2) is 36.8 Å². The van der Waals surface area contributed by atoms with Crippen molar-refractivity contribution < 1.29 is 9.90 Å². The van der Waals surface area contributed by atoms with Gasteiger partial charge in [-0.15, -0.1) is 0 Å². The largest absolute Gasteiger partial charge is 0.396 e. The number of hydrogen-bond acceptors (Lipinski definition) is 3. The SMILES string of the molecule is O=C1NCCN[C@@H]1CCO. The highest BCUT2D eigenvalue weighted by Crippen LogP contribution is 1.93. The van der Waals surface area contributed by atoms with Gasteiger partial charge in [-0.2, -0.15) is 0 Å². The lowest BCUT2D eigenvalue weighted by Gasteiger charge is -2.22. The van der Waals surface area contributed by atoms with Gasteiger partial charge in [0.05, 0.1) is 6.04 Å². The maximum atomic E-state index is 10.9. The predicted molar refractivity (Wildman–Crippen MR) is 36.5 cm³/mol. The lowest BCUT2D eigenvalue weighted by Crippen LogP contribution is -2.53. The Morgan fingerprint density at radius 1 is 1.60 bits per heavy atom. The first-order chi connectivity index (χ1) is 4.84. The van der Waals surface area contributed by atoms with Crippen LogP contribution in [0.15, 0.2) is 0 Å². The fourth-order valence-electron chi connectivity index (χ4n) is 1.01. The van der Waals surface area contributed by atoms with Gasteiger partial charge in [0.1, 0.15) is 0 Å². The molecule has 1 aliphatic heterocycles. The van der Waals surface area contributed by atoms with Gasteiger partial charge in [0.2, 0.25) is 5.91 Å². The van der Waals surface area contributed by atoms with Crippen molar-refractivity contribution in [3.8, 4) is 0 Å². The fourth-order valence-corrected chi connectivity index (χ4v) is 1.01. The first-order valence-corrected chi connectivity index (χ1v) is 3.46. The van der Waals surface area contributed by atoms with E-state index in [-0.39, 0.29) is 18.6 Å². The summed E-state index contributed by atoms with van der Waals surface area (Å²) in [5.74, 6) is 0.000278. The van der Waals surface area contributed by atoms with Crippen LogP contribution in [0.2, 0.25) is 0 Å². The van der Waals surface area contributed by atoms with Gasteiger partial charge in [0.15, 0.2) is 0 Å². The van der Waals surface area contributed by atoms with Crippen molar-refractivity contribution >= 4 is 5.91 Å². The van der Waals surface area contributed by atoms with Crippen molar-refractivity contribution in [2.75, 3.05) is 19.7 Å². The quantitative estimate of drug-likeness (QED) is 0.440. The van der Waals surface area contributed by atoms with Gasteiger partial charge in [0, 0.05) is 19.7 Å². The molecule has 1 rings (SSSR count). The number of piperazine rings is 1. The number of hydrogen-bond donors (Lipinski definition) is 3. The van der Waals surface area contributed by atoms with Crippen LogP contribution in [0.25, 0.3) is 0 Å². The Labute approximate surface area is 59.6 Å². The maximum absolute atomic E-state index is 10.9. The Bertz CT molecular complexity index is 125. The first-order valence-electron chi connectivity index (χ1n) is 3.46. The van der Waals surface area contributed by atoms with Crippen LogP contribution in [0, 0.1) is 0 Å². The van der Waals surface area contributed by atoms with E-state index in [1.54, 1.807) is 0 Å². The van der Waals surface area contributed by atoms with E-state index >= 15 is 0 Å². The molecule has 0 saturated carbocycles. The van der Waals surface area contributed by atoms with Gasteiger partial charge in [0.25, 0.3) is 0 Å². The average molecular weight is 144 g/mol. The third kappa shape index (κ3) is 1.68. The van der Waals surface area contributed by atoms with E-state index in [4.69, 9.17) is 5.11 Å². The standard InChI is InChI=1S/C6H12N2O2/c9-4-1-5-6(10)8-3-2-7-5/h5,7,9H,1-4H2,(H,8,10)/t5-/m1/s1. The zero-order chi connectivity index (χ0) is 7.40. The normalized spacial score (nSPS) is 26.1. The molecule has 0 bridgehead atoms. The molecule has 58 valence electrons. The van der Waals surface area contributed by atoms with Crippen molar-refractivity contribution in [3.05, 3.63) is 0 Å². The molecule has 3 N–H and O–H groups in total. The molecule has 1 saturated heterocycles. The molecule has 0 aromatic carbocycles. The monoisotopic (exact) mass is 144 g/mol. The van der Waals surface area contributed by atoms with E-state index in [1.807, 2.05) is 0 Å². The minimum absolute atomic E-state index is 0.000278. The van der Waals surface area contributed by atoms with Gasteiger partial charge in [-0.25, -0.2) is 0 Å². The summed E-state index contributed by atoms with van der Waals surface area (Å²) in [6, 6.07) is -0.182.